The van der Waals surface area contributed by atoms with Crippen LogP contribution in [0.4, 0.5) is 4.79 Å². The molecule has 1 saturated heterocycles. The molecule has 2 amide bonds. The van der Waals surface area contributed by atoms with E-state index in [4.69, 9.17) is 21.8 Å². The van der Waals surface area contributed by atoms with Crippen LogP contribution in [0.2, 0.25) is 4.34 Å². The molecule has 104 valence electrons. The SMILES string of the molecule is O=C(N[C@@H]1C[C@@H](CO)N(C(=O)O)C1)c1ccc(Cl)s1. The Labute approximate surface area is 118 Å². The van der Waals surface area contributed by atoms with Crippen molar-refractivity contribution in [3.05, 3.63) is 21.3 Å². The Morgan fingerprint density at radius 2 is 2.26 bits per heavy atom. The Balaban J connectivity index is 1.97. The van der Waals surface area contributed by atoms with E-state index < -0.39 is 12.1 Å². The van der Waals surface area contributed by atoms with Crippen molar-refractivity contribution in [2.75, 3.05) is 13.2 Å². The number of likely N-dealkylation sites (tertiary alicyclic amines) is 1. The van der Waals surface area contributed by atoms with E-state index in [1.165, 1.54) is 11.3 Å². The first-order valence-electron chi connectivity index (χ1n) is 5.68. The molecule has 0 spiro atoms. The zero-order valence-corrected chi connectivity index (χ0v) is 11.4. The summed E-state index contributed by atoms with van der Waals surface area (Å²) in [7, 11) is 0. The minimum atomic E-state index is -1.09. The van der Waals surface area contributed by atoms with Crippen LogP contribution in [0.25, 0.3) is 0 Å². The van der Waals surface area contributed by atoms with E-state index >= 15 is 0 Å². The van der Waals surface area contributed by atoms with Gasteiger partial charge in [-0.15, -0.1) is 11.3 Å². The van der Waals surface area contributed by atoms with Crippen molar-refractivity contribution in [1.82, 2.24) is 10.2 Å². The van der Waals surface area contributed by atoms with Crippen LogP contribution >= 0.6 is 22.9 Å². The summed E-state index contributed by atoms with van der Waals surface area (Å²) in [5.41, 5.74) is 0. The molecule has 1 fully saturated rings. The summed E-state index contributed by atoms with van der Waals surface area (Å²) in [5.74, 6) is -0.272. The highest BCUT2D eigenvalue weighted by Crippen LogP contribution is 2.22. The van der Waals surface area contributed by atoms with Gasteiger partial charge in [-0.25, -0.2) is 4.79 Å². The number of carbonyl (C=O) groups is 2. The Morgan fingerprint density at radius 3 is 2.74 bits per heavy atom. The molecule has 2 heterocycles. The lowest BCUT2D eigenvalue weighted by Crippen LogP contribution is -2.39. The third-order valence-corrected chi connectivity index (χ3v) is 4.23. The lowest BCUT2D eigenvalue weighted by molar-refractivity contribution is 0.0939. The standard InChI is InChI=1S/C11H13ClN2O4S/c12-9-2-1-8(19-9)10(16)13-6-3-7(5-15)14(4-6)11(17)18/h1-2,6-7,15H,3-5H2,(H,13,16)(H,17,18)/t6-,7+/m1/s1. The summed E-state index contributed by atoms with van der Waals surface area (Å²) in [5, 5.41) is 20.9. The molecule has 8 heteroatoms. The quantitative estimate of drug-likeness (QED) is 0.784. The molecule has 19 heavy (non-hydrogen) atoms. The van der Waals surface area contributed by atoms with E-state index in [1.807, 2.05) is 0 Å². The van der Waals surface area contributed by atoms with Gasteiger partial charge in [0, 0.05) is 12.6 Å². The van der Waals surface area contributed by atoms with Crippen LogP contribution < -0.4 is 5.32 Å². The molecule has 2 rings (SSSR count). The monoisotopic (exact) mass is 304 g/mol. The van der Waals surface area contributed by atoms with Gasteiger partial charge in [-0.05, 0) is 18.6 Å². The van der Waals surface area contributed by atoms with Gasteiger partial charge in [0.05, 0.1) is 21.9 Å². The van der Waals surface area contributed by atoms with Crippen LogP contribution in [0, 0.1) is 0 Å². The predicted molar refractivity (Wildman–Crippen MR) is 70.8 cm³/mol. The first-order valence-corrected chi connectivity index (χ1v) is 6.87. The minimum Gasteiger partial charge on any atom is -0.465 e. The highest BCUT2D eigenvalue weighted by molar-refractivity contribution is 7.17. The second-order valence-corrected chi connectivity index (χ2v) is 6.00. The first-order chi connectivity index (χ1) is 9.01. The molecule has 1 aliphatic heterocycles. The van der Waals surface area contributed by atoms with Crippen molar-refractivity contribution in [3.63, 3.8) is 0 Å². The maximum atomic E-state index is 11.9. The van der Waals surface area contributed by atoms with Crippen LogP contribution in [0.15, 0.2) is 12.1 Å². The average Bonchev–Trinajstić information content (AvgIpc) is 2.95. The second kappa shape index (κ2) is 5.77. The lowest BCUT2D eigenvalue weighted by Gasteiger charge is -2.18. The molecule has 0 saturated carbocycles. The Hall–Kier alpha value is -1.31. The van der Waals surface area contributed by atoms with E-state index in [9.17, 15) is 9.59 Å². The number of carboxylic acid groups (broad SMARTS) is 1. The van der Waals surface area contributed by atoms with Crippen molar-refractivity contribution in [2.24, 2.45) is 0 Å². The van der Waals surface area contributed by atoms with Gasteiger partial charge in [0.25, 0.3) is 5.91 Å². The third-order valence-electron chi connectivity index (χ3n) is 3.00. The highest BCUT2D eigenvalue weighted by Gasteiger charge is 2.35. The Kier molecular flexibility index (Phi) is 4.28. The van der Waals surface area contributed by atoms with Crippen LogP contribution in [0.5, 0.6) is 0 Å². The van der Waals surface area contributed by atoms with Crippen molar-refractivity contribution >= 4 is 34.9 Å². The van der Waals surface area contributed by atoms with E-state index in [2.05, 4.69) is 5.32 Å². The fourth-order valence-corrected chi connectivity index (χ4v) is 3.07. The van der Waals surface area contributed by atoms with Crippen molar-refractivity contribution in [3.8, 4) is 0 Å². The maximum absolute atomic E-state index is 11.9. The van der Waals surface area contributed by atoms with Crippen molar-refractivity contribution in [1.29, 1.82) is 0 Å². The third kappa shape index (κ3) is 3.17. The lowest BCUT2D eigenvalue weighted by atomic mass is 10.2. The van der Waals surface area contributed by atoms with Crippen molar-refractivity contribution in [2.45, 2.75) is 18.5 Å². The van der Waals surface area contributed by atoms with Crippen LogP contribution in [-0.2, 0) is 0 Å². The van der Waals surface area contributed by atoms with Crippen molar-refractivity contribution < 1.29 is 19.8 Å². The number of halogens is 1. The number of amides is 2. The molecule has 0 aliphatic carbocycles. The average molecular weight is 305 g/mol. The maximum Gasteiger partial charge on any atom is 0.407 e. The molecular weight excluding hydrogens is 292 g/mol. The van der Waals surface area contributed by atoms with Gasteiger partial charge in [0.2, 0.25) is 0 Å². The van der Waals surface area contributed by atoms with Gasteiger partial charge in [0.1, 0.15) is 0 Å². The topological polar surface area (TPSA) is 89.9 Å². The smallest absolute Gasteiger partial charge is 0.407 e. The normalized spacial score (nSPS) is 22.5. The van der Waals surface area contributed by atoms with Crippen LogP contribution in [0.1, 0.15) is 16.1 Å². The molecule has 0 bridgehead atoms. The summed E-state index contributed by atoms with van der Waals surface area (Å²) in [6.07, 6.45) is -0.678. The van der Waals surface area contributed by atoms with Gasteiger partial charge in [-0.1, -0.05) is 11.6 Å². The van der Waals surface area contributed by atoms with Gasteiger partial charge in [0.15, 0.2) is 0 Å². The molecule has 1 aromatic rings. The molecule has 0 radical (unpaired) electrons. The zero-order valence-electron chi connectivity index (χ0n) is 9.88. The van der Waals surface area contributed by atoms with Gasteiger partial charge in [-0.3, -0.25) is 4.79 Å². The highest BCUT2D eigenvalue weighted by atomic mass is 35.5. The number of nitrogens with zero attached hydrogens (tertiary/aromatic N) is 1. The number of carbonyl (C=O) groups excluding carboxylic acids is 1. The largest absolute Gasteiger partial charge is 0.465 e. The Morgan fingerprint density at radius 1 is 1.53 bits per heavy atom. The number of aliphatic hydroxyl groups is 1. The number of rotatable bonds is 3. The second-order valence-electron chi connectivity index (χ2n) is 4.28. The minimum absolute atomic E-state index is 0.186. The van der Waals surface area contributed by atoms with E-state index in [0.29, 0.717) is 15.6 Å². The molecular formula is C11H13ClN2O4S. The molecule has 6 nitrogen and oxygen atoms in total. The predicted octanol–water partition coefficient (Wildman–Crippen LogP) is 1.24. The number of hydrogen-bond acceptors (Lipinski definition) is 4. The molecule has 0 aromatic carbocycles. The van der Waals surface area contributed by atoms with E-state index in [0.717, 1.165) is 4.90 Å². The molecule has 1 aromatic heterocycles. The molecule has 1 aliphatic rings. The Bertz CT molecular complexity index is 493. The summed E-state index contributed by atoms with van der Waals surface area (Å²) >= 11 is 6.92. The van der Waals surface area contributed by atoms with Gasteiger partial charge >= 0.3 is 6.09 Å². The number of thiophene rings is 1. The zero-order chi connectivity index (χ0) is 14.0. The molecule has 2 atom stereocenters. The summed E-state index contributed by atoms with van der Waals surface area (Å²) in [6.45, 7) is -0.0606. The number of aliphatic hydroxyl groups excluding tert-OH is 1. The summed E-state index contributed by atoms with van der Waals surface area (Å²) in [4.78, 5) is 24.5. The fraction of sp³-hybridized carbons (Fsp3) is 0.455. The van der Waals surface area contributed by atoms with Gasteiger partial charge < -0.3 is 20.4 Å². The first kappa shape index (κ1) is 14.1. The summed E-state index contributed by atoms with van der Waals surface area (Å²) < 4.78 is 0.525. The van der Waals surface area contributed by atoms with E-state index in [-0.39, 0.29) is 25.1 Å². The van der Waals surface area contributed by atoms with Crippen LogP contribution in [0.3, 0.4) is 0 Å². The summed E-state index contributed by atoms with van der Waals surface area (Å²) in [6, 6.07) is 2.50. The number of hydrogen-bond donors (Lipinski definition) is 3. The van der Waals surface area contributed by atoms with Gasteiger partial charge in [-0.2, -0.15) is 0 Å². The van der Waals surface area contributed by atoms with Crippen LogP contribution in [-0.4, -0.2) is 52.3 Å². The number of nitrogens with one attached hydrogen (secondary N) is 1. The molecule has 0 unspecified atom stereocenters. The fourth-order valence-electron chi connectivity index (χ4n) is 2.12. The van der Waals surface area contributed by atoms with E-state index in [1.54, 1.807) is 12.1 Å². The molecule has 3 N–H and O–H groups in total.